The number of phenols is 1. The average molecular weight is 239 g/mol. The largest absolute Gasteiger partial charge is 0.508 e. The summed E-state index contributed by atoms with van der Waals surface area (Å²) in [5, 5.41) is 12.7. The van der Waals surface area contributed by atoms with Crippen molar-refractivity contribution in [2.24, 2.45) is 0 Å². The first kappa shape index (κ1) is 12.9. The molecule has 0 saturated heterocycles. The van der Waals surface area contributed by atoms with Crippen LogP contribution in [-0.4, -0.2) is 29.1 Å². The van der Waals surface area contributed by atoms with Gasteiger partial charge in [0, 0.05) is 17.4 Å². The molecule has 0 radical (unpaired) electrons. The Bertz CT molecular complexity index is 355. The van der Waals surface area contributed by atoms with Gasteiger partial charge in [-0.2, -0.15) is 11.8 Å². The maximum atomic E-state index is 11.6. The van der Waals surface area contributed by atoms with Crippen LogP contribution in [-0.2, 0) is 11.2 Å². The minimum absolute atomic E-state index is 0.0533. The molecular formula is C12H17NO2S. The summed E-state index contributed by atoms with van der Waals surface area (Å²) in [6.45, 7) is 2.72. The van der Waals surface area contributed by atoms with E-state index in [1.807, 2.05) is 12.3 Å². The zero-order chi connectivity index (χ0) is 12.0. The predicted octanol–water partition coefficient (Wildman–Crippen LogP) is 1.80. The van der Waals surface area contributed by atoms with Crippen molar-refractivity contribution in [3.63, 3.8) is 0 Å². The molecule has 0 aromatic heterocycles. The fourth-order valence-corrected chi connectivity index (χ4v) is 1.49. The number of hydrogen-bond acceptors (Lipinski definition) is 3. The van der Waals surface area contributed by atoms with E-state index >= 15 is 0 Å². The van der Waals surface area contributed by atoms with Gasteiger partial charge in [-0.05, 0) is 12.3 Å². The molecule has 0 aliphatic carbocycles. The minimum Gasteiger partial charge on any atom is -0.508 e. The normalized spacial score (nSPS) is 12.1. The first-order chi connectivity index (χ1) is 7.63. The lowest BCUT2D eigenvalue weighted by molar-refractivity contribution is -0.120. The van der Waals surface area contributed by atoms with E-state index < -0.39 is 0 Å². The number of amides is 1. The molecule has 1 rings (SSSR count). The predicted molar refractivity (Wildman–Crippen MR) is 67.8 cm³/mol. The summed E-state index contributed by atoms with van der Waals surface area (Å²) in [5.74, 6) is 0.123. The summed E-state index contributed by atoms with van der Waals surface area (Å²) in [7, 11) is 0. The Morgan fingerprint density at radius 3 is 2.81 bits per heavy atom. The van der Waals surface area contributed by atoms with Crippen LogP contribution >= 0.6 is 11.8 Å². The van der Waals surface area contributed by atoms with Crippen molar-refractivity contribution < 1.29 is 9.90 Å². The highest BCUT2D eigenvalue weighted by Gasteiger charge is 2.07. The summed E-state index contributed by atoms with van der Waals surface area (Å²) in [6, 6.07) is 6.90. The molecule has 0 heterocycles. The van der Waals surface area contributed by atoms with Crippen LogP contribution in [0.4, 0.5) is 0 Å². The molecule has 0 aliphatic heterocycles. The molecule has 0 spiro atoms. The third-order valence-corrected chi connectivity index (χ3v) is 3.30. The number of phenolic OH excluding ortho intramolecular Hbond substituents is 1. The molecule has 0 aliphatic rings. The molecule has 1 unspecified atom stereocenters. The van der Waals surface area contributed by atoms with Crippen molar-refractivity contribution in [2.45, 2.75) is 18.6 Å². The standard InChI is InChI=1S/C12H17NO2S/c1-9(16-2)8-13-12(15)7-10-5-3-4-6-11(10)14/h3-6,9,14H,7-8H2,1-2H3,(H,13,15). The zero-order valence-electron chi connectivity index (χ0n) is 9.56. The number of nitrogens with one attached hydrogen (secondary N) is 1. The fourth-order valence-electron chi connectivity index (χ4n) is 1.24. The van der Waals surface area contributed by atoms with Gasteiger partial charge in [0.25, 0.3) is 0 Å². The molecule has 0 bridgehead atoms. The number of hydrogen-bond donors (Lipinski definition) is 2. The van der Waals surface area contributed by atoms with Crippen LogP contribution in [0.5, 0.6) is 5.75 Å². The summed E-state index contributed by atoms with van der Waals surface area (Å²) in [6.07, 6.45) is 2.24. The van der Waals surface area contributed by atoms with Gasteiger partial charge in [-0.1, -0.05) is 25.1 Å². The maximum absolute atomic E-state index is 11.6. The van der Waals surface area contributed by atoms with Crippen molar-refractivity contribution >= 4 is 17.7 Å². The molecule has 0 fully saturated rings. The van der Waals surface area contributed by atoms with Crippen LogP contribution in [0.2, 0.25) is 0 Å². The Morgan fingerprint density at radius 1 is 1.50 bits per heavy atom. The molecular weight excluding hydrogens is 222 g/mol. The zero-order valence-corrected chi connectivity index (χ0v) is 10.4. The van der Waals surface area contributed by atoms with Gasteiger partial charge in [-0.25, -0.2) is 0 Å². The highest BCUT2D eigenvalue weighted by atomic mass is 32.2. The van der Waals surface area contributed by atoms with Crippen molar-refractivity contribution in [3.8, 4) is 5.75 Å². The third-order valence-electron chi connectivity index (χ3n) is 2.33. The van der Waals surface area contributed by atoms with Gasteiger partial charge in [0.15, 0.2) is 0 Å². The van der Waals surface area contributed by atoms with Gasteiger partial charge < -0.3 is 10.4 Å². The molecule has 4 heteroatoms. The van der Waals surface area contributed by atoms with Crippen molar-refractivity contribution in [1.29, 1.82) is 0 Å². The number of aromatic hydroxyl groups is 1. The van der Waals surface area contributed by atoms with E-state index in [-0.39, 0.29) is 18.1 Å². The van der Waals surface area contributed by atoms with Gasteiger partial charge in [0.1, 0.15) is 5.75 Å². The maximum Gasteiger partial charge on any atom is 0.224 e. The minimum atomic E-state index is -0.0533. The highest BCUT2D eigenvalue weighted by molar-refractivity contribution is 7.99. The van der Waals surface area contributed by atoms with Crippen LogP contribution in [0.3, 0.4) is 0 Å². The molecule has 1 atom stereocenters. The highest BCUT2D eigenvalue weighted by Crippen LogP contribution is 2.15. The van der Waals surface area contributed by atoms with E-state index in [4.69, 9.17) is 0 Å². The van der Waals surface area contributed by atoms with E-state index in [9.17, 15) is 9.90 Å². The molecule has 88 valence electrons. The Hall–Kier alpha value is -1.16. The van der Waals surface area contributed by atoms with Gasteiger partial charge in [-0.15, -0.1) is 0 Å². The number of benzene rings is 1. The van der Waals surface area contributed by atoms with E-state index in [0.717, 1.165) is 0 Å². The van der Waals surface area contributed by atoms with Crippen LogP contribution in [0, 0.1) is 0 Å². The molecule has 1 aromatic carbocycles. The SMILES string of the molecule is CSC(C)CNC(=O)Cc1ccccc1O. The van der Waals surface area contributed by atoms with Gasteiger partial charge in [0.05, 0.1) is 6.42 Å². The van der Waals surface area contributed by atoms with Gasteiger partial charge in [0.2, 0.25) is 5.91 Å². The average Bonchev–Trinajstić information content (AvgIpc) is 2.29. The number of para-hydroxylation sites is 1. The monoisotopic (exact) mass is 239 g/mol. The second-order valence-electron chi connectivity index (χ2n) is 3.66. The number of carbonyl (C=O) groups is 1. The molecule has 1 amide bonds. The van der Waals surface area contributed by atoms with Crippen LogP contribution in [0.15, 0.2) is 24.3 Å². The second-order valence-corrected chi connectivity index (χ2v) is 4.93. The summed E-state index contributed by atoms with van der Waals surface area (Å²) in [4.78, 5) is 11.6. The Labute approximate surface area is 100 Å². The fraction of sp³-hybridized carbons (Fsp3) is 0.417. The van der Waals surface area contributed by atoms with E-state index in [1.54, 1.807) is 30.0 Å². The number of thioether (sulfide) groups is 1. The first-order valence-electron chi connectivity index (χ1n) is 5.20. The lowest BCUT2D eigenvalue weighted by Gasteiger charge is -2.10. The molecule has 2 N–H and O–H groups in total. The van der Waals surface area contributed by atoms with E-state index in [0.29, 0.717) is 17.4 Å². The number of rotatable bonds is 5. The van der Waals surface area contributed by atoms with E-state index in [2.05, 4.69) is 12.2 Å². The Kier molecular flexibility index (Phi) is 5.19. The Balaban J connectivity index is 2.43. The van der Waals surface area contributed by atoms with Crippen LogP contribution in [0.1, 0.15) is 12.5 Å². The summed E-state index contributed by atoms with van der Waals surface area (Å²) in [5.41, 5.74) is 0.664. The molecule has 16 heavy (non-hydrogen) atoms. The summed E-state index contributed by atoms with van der Waals surface area (Å²) < 4.78 is 0. The smallest absolute Gasteiger partial charge is 0.224 e. The molecule has 0 saturated carbocycles. The lowest BCUT2D eigenvalue weighted by Crippen LogP contribution is -2.30. The third kappa shape index (κ3) is 4.14. The number of carbonyl (C=O) groups excluding carboxylic acids is 1. The van der Waals surface area contributed by atoms with Gasteiger partial charge in [-0.3, -0.25) is 4.79 Å². The second kappa shape index (κ2) is 6.43. The molecule has 3 nitrogen and oxygen atoms in total. The van der Waals surface area contributed by atoms with Crippen LogP contribution < -0.4 is 5.32 Å². The van der Waals surface area contributed by atoms with Crippen molar-refractivity contribution in [1.82, 2.24) is 5.32 Å². The van der Waals surface area contributed by atoms with Crippen molar-refractivity contribution in [3.05, 3.63) is 29.8 Å². The van der Waals surface area contributed by atoms with Crippen LogP contribution in [0.25, 0.3) is 0 Å². The first-order valence-corrected chi connectivity index (χ1v) is 6.48. The van der Waals surface area contributed by atoms with Gasteiger partial charge >= 0.3 is 0 Å². The Morgan fingerprint density at radius 2 is 2.19 bits per heavy atom. The van der Waals surface area contributed by atoms with Crippen molar-refractivity contribution in [2.75, 3.05) is 12.8 Å². The topological polar surface area (TPSA) is 49.3 Å². The lowest BCUT2D eigenvalue weighted by atomic mass is 10.1. The molecule has 1 aromatic rings. The quantitative estimate of drug-likeness (QED) is 0.824. The van der Waals surface area contributed by atoms with E-state index in [1.165, 1.54) is 0 Å². The summed E-state index contributed by atoms with van der Waals surface area (Å²) >= 11 is 1.71.